The first-order valence-electron chi connectivity index (χ1n) is 19.9. The molecule has 0 bridgehead atoms. The summed E-state index contributed by atoms with van der Waals surface area (Å²) in [5.41, 5.74) is 11.9. The van der Waals surface area contributed by atoms with Crippen LogP contribution < -0.4 is 0 Å². The second kappa shape index (κ2) is 12.4. The minimum Gasteiger partial charge on any atom is -0.309 e. The van der Waals surface area contributed by atoms with Crippen molar-refractivity contribution >= 4 is 102 Å². The van der Waals surface area contributed by atoms with E-state index in [9.17, 15) is 0 Å². The van der Waals surface area contributed by atoms with Crippen molar-refractivity contribution in [3.63, 3.8) is 0 Å². The number of benzene rings is 7. The van der Waals surface area contributed by atoms with Crippen LogP contribution in [0.15, 0.2) is 170 Å². The van der Waals surface area contributed by atoms with Gasteiger partial charge in [0.15, 0.2) is 0 Å². The molecule has 0 aliphatic heterocycles. The number of rotatable bonds is 4. The summed E-state index contributed by atoms with van der Waals surface area (Å²) in [6, 6.07) is 60.5. The molecule has 0 fully saturated rings. The molecule has 0 radical (unpaired) electrons. The van der Waals surface area contributed by atoms with Gasteiger partial charge in [0, 0.05) is 67.8 Å². The Kier molecular flexibility index (Phi) is 6.88. The standard InChI is InChI=1S/C53H33N3S2/c1-5-18-45-36(13-1)40-30-41-37-14-2-6-19-46(37)56(53-22-10-17-44(54-53)34-24-26-52-43(29-34)39-16-4-8-21-50(39)58-52)48(41)31-47(40)55(45)35-12-9-11-32(27-35)33-23-25-51-42(28-33)38-15-3-7-20-49(38)57-51/h1,3-13,15-31H,2,14H2. The SMILES string of the molecule is C1=Cc2c(c3cc4c5ccccc5n(-c5cccc(-c6ccc7sc8ccccc8c7c6)c5)c4cc3n2-c2cccc(-c3ccc4sc5ccccc5c4c3)n2)CC1. The molecule has 1 aliphatic carbocycles. The highest BCUT2D eigenvalue weighted by Crippen LogP contribution is 2.42. The minimum absolute atomic E-state index is 0.936. The van der Waals surface area contributed by atoms with Gasteiger partial charge in [-0.15, -0.1) is 22.7 Å². The van der Waals surface area contributed by atoms with Crippen molar-refractivity contribution in [2.75, 3.05) is 0 Å². The molecule has 1 aliphatic rings. The molecule has 58 heavy (non-hydrogen) atoms. The van der Waals surface area contributed by atoms with Crippen LogP contribution in [0.3, 0.4) is 0 Å². The summed E-state index contributed by atoms with van der Waals surface area (Å²) in [6.07, 6.45) is 6.67. The van der Waals surface area contributed by atoms with Crippen molar-refractivity contribution in [1.29, 1.82) is 0 Å². The highest BCUT2D eigenvalue weighted by molar-refractivity contribution is 7.26. The van der Waals surface area contributed by atoms with Crippen molar-refractivity contribution in [2.45, 2.75) is 12.8 Å². The fourth-order valence-corrected chi connectivity index (χ4v) is 11.7. The van der Waals surface area contributed by atoms with Crippen LogP contribution in [0.4, 0.5) is 0 Å². The zero-order valence-corrected chi connectivity index (χ0v) is 32.9. The Bertz CT molecular complexity index is 3700. The van der Waals surface area contributed by atoms with E-state index in [0.717, 1.165) is 35.6 Å². The van der Waals surface area contributed by atoms with E-state index in [1.54, 1.807) is 0 Å². The van der Waals surface area contributed by atoms with Crippen LogP contribution in [0, 0.1) is 0 Å². The Labute approximate surface area is 342 Å². The normalized spacial score (nSPS) is 13.0. The first kappa shape index (κ1) is 32.3. The Morgan fingerprint density at radius 1 is 0.431 bits per heavy atom. The quantitative estimate of drug-likeness (QED) is 0.175. The van der Waals surface area contributed by atoms with Crippen molar-refractivity contribution in [3.05, 3.63) is 181 Å². The monoisotopic (exact) mass is 775 g/mol. The number of hydrogen-bond acceptors (Lipinski definition) is 3. The maximum Gasteiger partial charge on any atom is 0.138 e. The van der Waals surface area contributed by atoms with Crippen LogP contribution in [0.5, 0.6) is 0 Å². The molecule has 0 saturated heterocycles. The molecule has 0 saturated carbocycles. The van der Waals surface area contributed by atoms with Gasteiger partial charge in [0.2, 0.25) is 0 Å². The summed E-state index contributed by atoms with van der Waals surface area (Å²) in [7, 11) is 0. The molecular weight excluding hydrogens is 743 g/mol. The van der Waals surface area contributed by atoms with Gasteiger partial charge in [0.25, 0.3) is 0 Å². The van der Waals surface area contributed by atoms with Crippen molar-refractivity contribution in [3.8, 4) is 33.9 Å². The second-order valence-corrected chi connectivity index (χ2v) is 17.6. The van der Waals surface area contributed by atoms with E-state index in [-0.39, 0.29) is 0 Å². The first-order valence-corrected chi connectivity index (χ1v) is 21.6. The number of allylic oxidation sites excluding steroid dienone is 1. The van der Waals surface area contributed by atoms with E-state index in [0.29, 0.717) is 0 Å². The number of aromatic nitrogens is 3. The third kappa shape index (κ3) is 4.75. The van der Waals surface area contributed by atoms with Crippen LogP contribution in [0.25, 0.3) is 113 Å². The summed E-state index contributed by atoms with van der Waals surface area (Å²) in [5.74, 6) is 0.936. The number of pyridine rings is 1. The molecule has 5 aromatic heterocycles. The minimum atomic E-state index is 0.936. The fourth-order valence-electron chi connectivity index (χ4n) is 9.54. The Hall–Kier alpha value is -6.79. The zero-order chi connectivity index (χ0) is 37.9. The number of fused-ring (bicyclic) bond motifs is 12. The van der Waals surface area contributed by atoms with Gasteiger partial charge in [-0.25, -0.2) is 4.98 Å². The maximum atomic E-state index is 5.43. The predicted molar refractivity (Wildman–Crippen MR) is 249 cm³/mol. The molecule has 3 nitrogen and oxygen atoms in total. The van der Waals surface area contributed by atoms with Crippen molar-refractivity contribution in [1.82, 2.24) is 14.1 Å². The number of para-hydroxylation sites is 1. The van der Waals surface area contributed by atoms with Gasteiger partial charge in [-0.05, 0) is 114 Å². The van der Waals surface area contributed by atoms with Crippen LogP contribution in [-0.4, -0.2) is 14.1 Å². The van der Waals surface area contributed by atoms with Crippen LogP contribution >= 0.6 is 22.7 Å². The molecule has 7 aromatic carbocycles. The summed E-state index contributed by atoms with van der Waals surface area (Å²) in [5, 5.41) is 9.07. The van der Waals surface area contributed by atoms with E-state index in [2.05, 4.69) is 185 Å². The zero-order valence-electron chi connectivity index (χ0n) is 31.3. The molecule has 272 valence electrons. The highest BCUT2D eigenvalue weighted by atomic mass is 32.1. The van der Waals surface area contributed by atoms with Crippen molar-refractivity contribution in [2.24, 2.45) is 0 Å². The average Bonchev–Trinajstić information content (AvgIpc) is 4.03. The van der Waals surface area contributed by atoms with Crippen LogP contribution in [0.2, 0.25) is 0 Å². The van der Waals surface area contributed by atoms with E-state index >= 15 is 0 Å². The molecule has 0 atom stereocenters. The predicted octanol–water partition coefficient (Wildman–Crippen LogP) is 15.2. The molecular formula is C53H33N3S2. The van der Waals surface area contributed by atoms with Crippen LogP contribution in [-0.2, 0) is 6.42 Å². The van der Waals surface area contributed by atoms with Gasteiger partial charge in [-0.1, -0.05) is 91.0 Å². The highest BCUT2D eigenvalue weighted by Gasteiger charge is 2.23. The number of aryl methyl sites for hydroxylation is 1. The summed E-state index contributed by atoms with van der Waals surface area (Å²) >= 11 is 3.72. The Balaban J connectivity index is 1.01. The van der Waals surface area contributed by atoms with Gasteiger partial charge < -0.3 is 4.57 Å². The van der Waals surface area contributed by atoms with Gasteiger partial charge in [-0.2, -0.15) is 0 Å². The summed E-state index contributed by atoms with van der Waals surface area (Å²) in [4.78, 5) is 5.43. The summed E-state index contributed by atoms with van der Waals surface area (Å²) in [6.45, 7) is 0. The molecule has 0 unspecified atom stereocenters. The second-order valence-electron chi connectivity index (χ2n) is 15.4. The lowest BCUT2D eigenvalue weighted by molar-refractivity contribution is 0.953. The number of nitrogens with zero attached hydrogens (tertiary/aromatic N) is 3. The topological polar surface area (TPSA) is 22.8 Å². The van der Waals surface area contributed by atoms with Gasteiger partial charge in [0.1, 0.15) is 5.82 Å². The van der Waals surface area contributed by atoms with Crippen LogP contribution in [0.1, 0.15) is 17.7 Å². The average molecular weight is 776 g/mol. The smallest absolute Gasteiger partial charge is 0.138 e. The van der Waals surface area contributed by atoms with E-state index in [1.165, 1.54) is 95.4 Å². The molecule has 0 amide bonds. The van der Waals surface area contributed by atoms with E-state index in [1.807, 2.05) is 22.7 Å². The molecule has 0 spiro atoms. The molecule has 5 heterocycles. The Morgan fingerprint density at radius 2 is 1.09 bits per heavy atom. The Morgan fingerprint density at radius 3 is 1.90 bits per heavy atom. The first-order chi connectivity index (χ1) is 28.7. The van der Waals surface area contributed by atoms with Crippen molar-refractivity contribution < 1.29 is 0 Å². The maximum absolute atomic E-state index is 5.43. The molecule has 0 N–H and O–H groups in total. The third-order valence-electron chi connectivity index (χ3n) is 12.2. The summed E-state index contributed by atoms with van der Waals surface area (Å²) < 4.78 is 10.1. The lowest BCUT2D eigenvalue weighted by Gasteiger charge is -2.13. The third-order valence-corrected chi connectivity index (χ3v) is 14.5. The van der Waals surface area contributed by atoms with Gasteiger partial charge >= 0.3 is 0 Å². The number of thiophene rings is 2. The number of hydrogen-bond donors (Lipinski definition) is 0. The largest absolute Gasteiger partial charge is 0.309 e. The van der Waals surface area contributed by atoms with Gasteiger partial charge in [0.05, 0.1) is 27.9 Å². The van der Waals surface area contributed by atoms with E-state index < -0.39 is 0 Å². The lowest BCUT2D eigenvalue weighted by Crippen LogP contribution is -2.03. The van der Waals surface area contributed by atoms with Gasteiger partial charge in [-0.3, -0.25) is 4.57 Å². The lowest BCUT2D eigenvalue weighted by atomic mass is 10.00. The molecule has 12 aromatic rings. The molecule has 5 heteroatoms. The van der Waals surface area contributed by atoms with E-state index in [4.69, 9.17) is 4.98 Å². The fraction of sp³-hybridized carbons (Fsp3) is 0.0377. The molecule has 13 rings (SSSR count).